The number of hydrogen-bond acceptors (Lipinski definition) is 3. The van der Waals surface area contributed by atoms with Gasteiger partial charge in [0.05, 0.1) is 26.2 Å². The molecule has 27 heavy (non-hydrogen) atoms. The zero-order valence-electron chi connectivity index (χ0n) is 14.6. The van der Waals surface area contributed by atoms with Gasteiger partial charge in [0.15, 0.2) is 17.4 Å². The summed E-state index contributed by atoms with van der Waals surface area (Å²) in [5, 5.41) is 10.2. The first kappa shape index (κ1) is 20.0. The smallest absolute Gasteiger partial charge is 0.190 e. The van der Waals surface area contributed by atoms with Crippen molar-refractivity contribution >= 4 is 21.6 Å². The van der Waals surface area contributed by atoms with Crippen LogP contribution in [0, 0.1) is 17.5 Å². The molecule has 0 amide bonds. The molecule has 3 rings (SSSR count). The highest BCUT2D eigenvalue weighted by Gasteiger charge is 2.23. The van der Waals surface area contributed by atoms with Gasteiger partial charge in [-0.25, -0.2) is 13.2 Å². The number of anilines is 1. The van der Waals surface area contributed by atoms with E-state index in [4.69, 9.17) is 4.74 Å². The highest BCUT2D eigenvalue weighted by molar-refractivity contribution is 9.10. The van der Waals surface area contributed by atoms with E-state index in [0.717, 1.165) is 44.0 Å². The Morgan fingerprint density at radius 3 is 2.26 bits per heavy atom. The predicted octanol–water partition coefficient (Wildman–Crippen LogP) is 2.01. The molecule has 2 N–H and O–H groups in total. The Kier molecular flexibility index (Phi) is 6.62. The first-order valence-electron chi connectivity index (χ1n) is 8.72. The minimum atomic E-state index is -0.834. The molecule has 0 aliphatic carbocycles. The predicted molar refractivity (Wildman–Crippen MR) is 99.7 cm³/mol. The number of halogens is 4. The minimum absolute atomic E-state index is 0.180. The first-order valence-corrected chi connectivity index (χ1v) is 9.51. The van der Waals surface area contributed by atoms with Gasteiger partial charge in [-0.2, -0.15) is 0 Å². The number of piperazine rings is 1. The van der Waals surface area contributed by atoms with E-state index in [1.807, 2.05) is 0 Å². The monoisotopic (exact) mass is 445 g/mol. The molecule has 1 heterocycles. The van der Waals surface area contributed by atoms with Crippen LogP contribution in [0.3, 0.4) is 0 Å². The fraction of sp³-hybridized carbons (Fsp3) is 0.368. The van der Waals surface area contributed by atoms with Crippen molar-refractivity contribution in [2.45, 2.75) is 6.10 Å². The molecular weight excluding hydrogens is 425 g/mol. The van der Waals surface area contributed by atoms with Gasteiger partial charge in [-0.3, -0.25) is 0 Å². The summed E-state index contributed by atoms with van der Waals surface area (Å²) in [4.78, 5) is 3.35. The quantitative estimate of drug-likeness (QED) is 0.713. The molecule has 2 aromatic rings. The van der Waals surface area contributed by atoms with E-state index >= 15 is 0 Å². The minimum Gasteiger partial charge on any atom is -0.485 e. The number of rotatable bonds is 6. The molecule has 1 saturated heterocycles. The van der Waals surface area contributed by atoms with Crippen LogP contribution in [0.25, 0.3) is 0 Å². The van der Waals surface area contributed by atoms with Gasteiger partial charge in [-0.1, -0.05) is 15.9 Å². The Morgan fingerprint density at radius 1 is 1.07 bits per heavy atom. The topological polar surface area (TPSA) is 37.1 Å². The lowest BCUT2D eigenvalue weighted by atomic mass is 10.2. The second-order valence-corrected chi connectivity index (χ2v) is 7.50. The molecule has 0 bridgehead atoms. The lowest BCUT2D eigenvalue weighted by molar-refractivity contribution is -0.903. The summed E-state index contributed by atoms with van der Waals surface area (Å²) in [5.41, 5.74) is 0.973. The zero-order valence-corrected chi connectivity index (χ0v) is 16.2. The Labute approximate surface area is 164 Å². The SMILES string of the molecule is O[C@H](COc1c(F)cc(Br)cc1F)C[NH+]1CCN(c2ccc(F)cc2)CC1. The van der Waals surface area contributed by atoms with Crippen LogP contribution in [0.4, 0.5) is 18.9 Å². The van der Waals surface area contributed by atoms with Crippen LogP contribution in [0.2, 0.25) is 0 Å². The van der Waals surface area contributed by atoms with E-state index in [2.05, 4.69) is 20.8 Å². The molecule has 0 unspecified atom stereocenters. The van der Waals surface area contributed by atoms with Gasteiger partial charge in [-0.15, -0.1) is 0 Å². The fourth-order valence-electron chi connectivity index (χ4n) is 3.18. The van der Waals surface area contributed by atoms with Crippen LogP contribution in [0.1, 0.15) is 0 Å². The highest BCUT2D eigenvalue weighted by atomic mass is 79.9. The van der Waals surface area contributed by atoms with Gasteiger partial charge in [0.25, 0.3) is 0 Å². The fourth-order valence-corrected chi connectivity index (χ4v) is 3.58. The van der Waals surface area contributed by atoms with Crippen molar-refractivity contribution in [2.24, 2.45) is 0 Å². The molecule has 1 atom stereocenters. The molecular formula is C19H21BrF3N2O2+. The van der Waals surface area contributed by atoms with Crippen molar-refractivity contribution in [3.63, 3.8) is 0 Å². The maximum Gasteiger partial charge on any atom is 0.190 e. The average Bonchev–Trinajstić information content (AvgIpc) is 2.62. The molecule has 4 nitrogen and oxygen atoms in total. The van der Waals surface area contributed by atoms with Gasteiger partial charge >= 0.3 is 0 Å². The van der Waals surface area contributed by atoms with E-state index in [1.54, 1.807) is 12.1 Å². The first-order chi connectivity index (χ1) is 12.9. The summed E-state index contributed by atoms with van der Waals surface area (Å²) in [6.45, 7) is 3.41. The Bertz CT molecular complexity index is 745. The molecule has 8 heteroatoms. The van der Waals surface area contributed by atoms with Crippen molar-refractivity contribution < 1.29 is 27.9 Å². The molecule has 0 saturated carbocycles. The second-order valence-electron chi connectivity index (χ2n) is 6.58. The van der Waals surface area contributed by atoms with E-state index in [9.17, 15) is 18.3 Å². The summed E-state index contributed by atoms with van der Waals surface area (Å²) < 4.78 is 45.9. The highest BCUT2D eigenvalue weighted by Crippen LogP contribution is 2.25. The lowest BCUT2D eigenvalue weighted by Gasteiger charge is -2.34. The third kappa shape index (κ3) is 5.37. The van der Waals surface area contributed by atoms with E-state index < -0.39 is 23.5 Å². The number of benzene rings is 2. The number of nitrogens with one attached hydrogen (secondary N) is 1. The van der Waals surface area contributed by atoms with Crippen molar-refractivity contribution in [1.82, 2.24) is 0 Å². The maximum atomic E-state index is 13.7. The van der Waals surface area contributed by atoms with Crippen LogP contribution in [0.5, 0.6) is 5.75 Å². The summed E-state index contributed by atoms with van der Waals surface area (Å²) in [7, 11) is 0. The van der Waals surface area contributed by atoms with Crippen LogP contribution >= 0.6 is 15.9 Å². The normalized spacial score (nSPS) is 16.4. The van der Waals surface area contributed by atoms with E-state index in [1.165, 1.54) is 17.0 Å². The number of aliphatic hydroxyl groups is 1. The lowest BCUT2D eigenvalue weighted by Crippen LogP contribution is -3.16. The van der Waals surface area contributed by atoms with Crippen LogP contribution in [-0.2, 0) is 0 Å². The Balaban J connectivity index is 1.46. The van der Waals surface area contributed by atoms with Gasteiger partial charge in [0.2, 0.25) is 0 Å². The molecule has 0 radical (unpaired) electrons. The van der Waals surface area contributed by atoms with Crippen LogP contribution < -0.4 is 14.5 Å². The molecule has 0 spiro atoms. The molecule has 1 aliphatic heterocycles. The Morgan fingerprint density at radius 2 is 1.67 bits per heavy atom. The van der Waals surface area contributed by atoms with Crippen LogP contribution in [0.15, 0.2) is 40.9 Å². The third-order valence-corrected chi connectivity index (χ3v) is 5.03. The van der Waals surface area contributed by atoms with Crippen LogP contribution in [-0.4, -0.2) is 50.5 Å². The van der Waals surface area contributed by atoms with Gasteiger partial charge < -0.3 is 19.6 Å². The third-order valence-electron chi connectivity index (χ3n) is 4.57. The number of nitrogens with zero attached hydrogens (tertiary/aromatic N) is 1. The number of quaternary nitrogens is 1. The molecule has 1 fully saturated rings. The summed E-state index contributed by atoms with van der Waals surface area (Å²) in [6, 6.07) is 8.62. The van der Waals surface area contributed by atoms with Gasteiger partial charge in [-0.05, 0) is 36.4 Å². The average molecular weight is 446 g/mol. The van der Waals surface area contributed by atoms with Crippen molar-refractivity contribution in [3.05, 3.63) is 58.3 Å². The number of aliphatic hydroxyl groups excluding tert-OH is 1. The largest absolute Gasteiger partial charge is 0.485 e. The number of hydrogen-bond donors (Lipinski definition) is 2. The number of ether oxygens (including phenoxy) is 1. The van der Waals surface area contributed by atoms with Crippen molar-refractivity contribution in [3.8, 4) is 5.75 Å². The maximum absolute atomic E-state index is 13.7. The summed E-state index contributed by atoms with van der Waals surface area (Å²) >= 11 is 3.01. The summed E-state index contributed by atoms with van der Waals surface area (Å²) in [6.07, 6.45) is -0.834. The Hall–Kier alpha value is -1.77. The van der Waals surface area contributed by atoms with Crippen molar-refractivity contribution in [1.29, 1.82) is 0 Å². The van der Waals surface area contributed by atoms with Crippen molar-refractivity contribution in [2.75, 3.05) is 44.2 Å². The zero-order chi connectivity index (χ0) is 19.4. The van der Waals surface area contributed by atoms with Gasteiger partial charge in [0.1, 0.15) is 25.1 Å². The summed E-state index contributed by atoms with van der Waals surface area (Å²) in [5.74, 6) is -2.36. The second kappa shape index (κ2) is 8.95. The molecule has 2 aromatic carbocycles. The van der Waals surface area contributed by atoms with Gasteiger partial charge in [0, 0.05) is 10.2 Å². The molecule has 0 aromatic heterocycles. The molecule has 146 valence electrons. The van der Waals surface area contributed by atoms with E-state index in [-0.39, 0.29) is 16.9 Å². The van der Waals surface area contributed by atoms with E-state index in [0.29, 0.717) is 6.54 Å². The standard InChI is InChI=1S/C19H20BrF3N2O2/c20-13-9-17(22)19(18(23)10-13)27-12-16(26)11-24-5-7-25(8-6-24)15-3-1-14(21)2-4-15/h1-4,9-10,16,26H,5-8,11-12H2/p+1/t16-/m0/s1. The molecule has 1 aliphatic rings.